The Balaban J connectivity index is 1.58. The first-order valence-corrected chi connectivity index (χ1v) is 12.1. The van der Waals surface area contributed by atoms with Crippen molar-refractivity contribution in [1.82, 2.24) is 0 Å². The highest BCUT2D eigenvalue weighted by atomic mass is 16.7. The van der Waals surface area contributed by atoms with Crippen LogP contribution in [0.3, 0.4) is 0 Å². The number of methoxy groups -OCH3 is 2. The molecule has 0 amide bonds. The number of allylic oxidation sites excluding steroid dienone is 3. The number of phenols is 1. The second kappa shape index (κ2) is 14.1. The molecule has 1 aromatic heterocycles. The maximum atomic E-state index is 12.3. The molecule has 0 atom stereocenters. The van der Waals surface area contributed by atoms with E-state index >= 15 is 0 Å². The van der Waals surface area contributed by atoms with E-state index in [1.807, 2.05) is 37.3 Å². The molecule has 0 fully saturated rings. The molecular formula is C30H31N2O8+. The largest absolute Gasteiger partial charge is 0.518 e. The number of phenolic OH excluding ortho intramolecular Hbond substituents is 1. The van der Waals surface area contributed by atoms with E-state index < -0.39 is 11.9 Å². The fourth-order valence-corrected chi connectivity index (χ4v) is 3.37. The van der Waals surface area contributed by atoms with Crippen LogP contribution >= 0.6 is 0 Å². The molecule has 0 aliphatic heterocycles. The summed E-state index contributed by atoms with van der Waals surface area (Å²) >= 11 is 0. The molecule has 208 valence electrons. The second-order valence-corrected chi connectivity index (χ2v) is 8.58. The SMILES string of the molecule is COc1cc(/C=C/C(O)=C/C(=O)/C=C/c2ccc(OC(=O)OC[n+]3cccc(N(C)C)c3)c(OC)c2)ccc1O. The number of anilines is 1. The lowest BCUT2D eigenvalue weighted by Gasteiger charge is -2.11. The Labute approximate surface area is 232 Å². The summed E-state index contributed by atoms with van der Waals surface area (Å²) in [5.41, 5.74) is 2.20. The number of nitrogens with zero attached hydrogens (tertiary/aromatic N) is 2. The fourth-order valence-electron chi connectivity index (χ4n) is 3.37. The van der Waals surface area contributed by atoms with E-state index in [1.54, 1.807) is 41.1 Å². The quantitative estimate of drug-likeness (QED) is 0.0881. The van der Waals surface area contributed by atoms with Crippen LogP contribution in [0.1, 0.15) is 11.1 Å². The van der Waals surface area contributed by atoms with Gasteiger partial charge in [-0.3, -0.25) is 4.79 Å². The molecule has 2 aromatic carbocycles. The molecular weight excluding hydrogens is 516 g/mol. The first-order valence-electron chi connectivity index (χ1n) is 12.1. The molecule has 0 aliphatic carbocycles. The van der Waals surface area contributed by atoms with Gasteiger partial charge in [0, 0.05) is 26.2 Å². The Morgan fingerprint density at radius 1 is 0.925 bits per heavy atom. The molecule has 0 saturated carbocycles. The monoisotopic (exact) mass is 547 g/mol. The van der Waals surface area contributed by atoms with Crippen LogP contribution in [0, 0.1) is 0 Å². The predicted octanol–water partition coefficient (Wildman–Crippen LogP) is 4.67. The number of carbonyl (C=O) groups excluding carboxylic acids is 2. The number of carbonyl (C=O) groups is 2. The van der Waals surface area contributed by atoms with Gasteiger partial charge in [-0.1, -0.05) is 24.3 Å². The van der Waals surface area contributed by atoms with E-state index in [-0.39, 0.29) is 29.7 Å². The van der Waals surface area contributed by atoms with E-state index in [2.05, 4.69) is 0 Å². The van der Waals surface area contributed by atoms with Crippen LogP contribution in [0.2, 0.25) is 0 Å². The number of aliphatic hydroxyl groups is 1. The van der Waals surface area contributed by atoms with Crippen LogP contribution in [0.5, 0.6) is 23.0 Å². The lowest BCUT2D eigenvalue weighted by atomic mass is 10.1. The number of aliphatic hydroxyl groups excluding tert-OH is 1. The highest BCUT2D eigenvalue weighted by Crippen LogP contribution is 2.29. The van der Waals surface area contributed by atoms with Crippen LogP contribution in [0.15, 0.2) is 84.9 Å². The zero-order valence-corrected chi connectivity index (χ0v) is 22.6. The van der Waals surface area contributed by atoms with Crippen molar-refractivity contribution < 1.29 is 43.3 Å². The van der Waals surface area contributed by atoms with Crippen LogP contribution < -0.4 is 23.7 Å². The van der Waals surface area contributed by atoms with Crippen molar-refractivity contribution in [2.24, 2.45) is 0 Å². The molecule has 0 spiro atoms. The molecule has 1 heterocycles. The van der Waals surface area contributed by atoms with E-state index in [0.29, 0.717) is 16.9 Å². The van der Waals surface area contributed by atoms with Crippen molar-refractivity contribution >= 4 is 29.8 Å². The van der Waals surface area contributed by atoms with Gasteiger partial charge in [0.25, 0.3) is 6.73 Å². The summed E-state index contributed by atoms with van der Waals surface area (Å²) in [6, 6.07) is 13.2. The highest BCUT2D eigenvalue weighted by Gasteiger charge is 2.14. The highest BCUT2D eigenvalue weighted by molar-refractivity contribution is 6.02. The second-order valence-electron chi connectivity index (χ2n) is 8.58. The summed E-state index contributed by atoms with van der Waals surface area (Å²) < 4.78 is 22.5. The van der Waals surface area contributed by atoms with Gasteiger partial charge in [0.1, 0.15) is 11.4 Å². The van der Waals surface area contributed by atoms with E-state index in [4.69, 9.17) is 18.9 Å². The summed E-state index contributed by atoms with van der Waals surface area (Å²) in [5, 5.41) is 19.7. The average molecular weight is 548 g/mol. The van der Waals surface area contributed by atoms with Crippen molar-refractivity contribution in [3.63, 3.8) is 0 Å². The molecule has 2 N–H and O–H groups in total. The van der Waals surface area contributed by atoms with Gasteiger partial charge in [-0.15, -0.1) is 0 Å². The molecule has 0 aliphatic rings. The summed E-state index contributed by atoms with van der Waals surface area (Å²) in [7, 11) is 6.67. The Bertz CT molecular complexity index is 1440. The number of aromatic hydroxyl groups is 1. The first-order chi connectivity index (χ1) is 19.2. The van der Waals surface area contributed by atoms with Crippen LogP contribution in [0.4, 0.5) is 10.5 Å². The standard InChI is InChI=1S/C30H30N2O8/c1-31(2)23-6-5-15-32(19-23)20-39-30(36)40-27-14-10-22(17-29(27)38-4)8-12-25(34)18-24(33)11-7-21-9-13-26(35)28(16-21)37-3/h5-19H,20H2,1-4H3,(H-,33,34,35)/p+1/b12-8+. The molecule has 0 saturated heterocycles. The van der Waals surface area contributed by atoms with Crippen molar-refractivity contribution in [3.8, 4) is 23.0 Å². The minimum absolute atomic E-state index is 0.00291. The molecule has 10 heteroatoms. The fraction of sp³-hybridized carbons (Fsp3) is 0.167. The van der Waals surface area contributed by atoms with E-state index in [0.717, 1.165) is 11.8 Å². The number of pyridine rings is 1. The normalized spacial score (nSPS) is 11.4. The number of hydrogen-bond donors (Lipinski definition) is 2. The maximum Gasteiger partial charge on any atom is 0.518 e. The average Bonchev–Trinajstić information content (AvgIpc) is 2.95. The number of rotatable bonds is 11. The number of hydrogen-bond acceptors (Lipinski definition) is 9. The molecule has 10 nitrogen and oxygen atoms in total. The van der Waals surface area contributed by atoms with Gasteiger partial charge in [-0.05, 0) is 53.6 Å². The molecule has 3 aromatic rings. The van der Waals surface area contributed by atoms with Gasteiger partial charge in [-0.25, -0.2) is 4.79 Å². The third-order valence-electron chi connectivity index (χ3n) is 5.45. The number of ketones is 1. The minimum Gasteiger partial charge on any atom is -0.508 e. The molecule has 40 heavy (non-hydrogen) atoms. The van der Waals surface area contributed by atoms with Crippen LogP contribution in [0.25, 0.3) is 12.2 Å². The lowest BCUT2D eigenvalue weighted by Crippen LogP contribution is -2.36. The molecule has 0 bridgehead atoms. The molecule has 0 radical (unpaired) electrons. The Kier molecular flexibility index (Phi) is 10.3. The van der Waals surface area contributed by atoms with Crippen molar-refractivity contribution in [2.75, 3.05) is 33.2 Å². The summed E-state index contributed by atoms with van der Waals surface area (Å²) in [6.07, 6.45) is 9.47. The first kappa shape index (κ1) is 29.3. The van der Waals surface area contributed by atoms with E-state index in [9.17, 15) is 19.8 Å². The van der Waals surface area contributed by atoms with Gasteiger partial charge < -0.3 is 34.1 Å². The van der Waals surface area contributed by atoms with Crippen LogP contribution in [-0.2, 0) is 16.3 Å². The molecule has 3 rings (SSSR count). The summed E-state index contributed by atoms with van der Waals surface area (Å²) in [4.78, 5) is 26.4. The third-order valence-corrected chi connectivity index (χ3v) is 5.45. The van der Waals surface area contributed by atoms with Crippen LogP contribution in [-0.4, -0.2) is 50.5 Å². The summed E-state index contributed by atoms with van der Waals surface area (Å²) in [6.45, 7) is -0.0373. The molecule has 0 unspecified atom stereocenters. The third kappa shape index (κ3) is 8.66. The minimum atomic E-state index is -0.904. The number of ether oxygens (including phenoxy) is 4. The number of aromatic nitrogens is 1. The van der Waals surface area contributed by atoms with Gasteiger partial charge in [0.2, 0.25) is 0 Å². The number of benzene rings is 2. The Hall–Kier alpha value is -5.25. The maximum absolute atomic E-state index is 12.3. The van der Waals surface area contributed by atoms with Crippen molar-refractivity contribution in [2.45, 2.75) is 6.73 Å². The zero-order chi connectivity index (χ0) is 29.1. The Morgan fingerprint density at radius 3 is 2.30 bits per heavy atom. The predicted molar refractivity (Wildman–Crippen MR) is 150 cm³/mol. The lowest BCUT2D eigenvalue weighted by molar-refractivity contribution is -0.727. The Morgan fingerprint density at radius 2 is 1.60 bits per heavy atom. The van der Waals surface area contributed by atoms with Gasteiger partial charge in [-0.2, -0.15) is 4.57 Å². The smallest absolute Gasteiger partial charge is 0.508 e. The van der Waals surface area contributed by atoms with Gasteiger partial charge in [0.05, 0.1) is 14.2 Å². The van der Waals surface area contributed by atoms with Gasteiger partial charge >= 0.3 is 6.16 Å². The zero-order valence-electron chi connectivity index (χ0n) is 22.6. The van der Waals surface area contributed by atoms with Crippen molar-refractivity contribution in [1.29, 1.82) is 0 Å². The summed E-state index contributed by atoms with van der Waals surface area (Å²) in [5.74, 6) is -0.0107. The van der Waals surface area contributed by atoms with E-state index in [1.165, 1.54) is 44.6 Å². The van der Waals surface area contributed by atoms with Gasteiger partial charge in [0.15, 0.2) is 41.2 Å². The van der Waals surface area contributed by atoms with Crippen molar-refractivity contribution in [3.05, 3.63) is 96.0 Å². The topological polar surface area (TPSA) is 119 Å².